The van der Waals surface area contributed by atoms with E-state index in [4.69, 9.17) is 5.11 Å². The van der Waals surface area contributed by atoms with Gasteiger partial charge >= 0.3 is 29.6 Å². The fourth-order valence-electron chi connectivity index (χ4n) is 3.85. The van der Waals surface area contributed by atoms with Crippen LogP contribution in [0.2, 0.25) is 0 Å². The summed E-state index contributed by atoms with van der Waals surface area (Å²) in [6, 6.07) is 0. The molecule has 0 amide bonds. The van der Waals surface area contributed by atoms with E-state index in [1.165, 1.54) is 96.3 Å². The van der Waals surface area contributed by atoms with Gasteiger partial charge in [-0.05, 0) is 12.8 Å². The van der Waals surface area contributed by atoms with E-state index in [0.717, 1.165) is 19.3 Å². The molecule has 1 atom stereocenters. The van der Waals surface area contributed by atoms with Crippen LogP contribution in [0.15, 0.2) is 0 Å². The van der Waals surface area contributed by atoms with E-state index in [-0.39, 0.29) is 42.6 Å². The van der Waals surface area contributed by atoms with Crippen LogP contribution in [0.3, 0.4) is 0 Å². The standard InChI is InChI=1S/C23H48O4S.Na/c1-2-3-4-5-6-7-8-9-10-11-12-13-14-15-16-17-18-19-20-23(21-22-24)28(25,26)27;/h23-24H,2-22H2,1H3,(H,25,26,27);/q;+1/p-1. The number of hydrogen-bond donors (Lipinski definition) is 1. The van der Waals surface area contributed by atoms with Gasteiger partial charge in [0, 0.05) is 6.61 Å². The van der Waals surface area contributed by atoms with Crippen LogP contribution in [-0.4, -0.2) is 29.9 Å². The maximum Gasteiger partial charge on any atom is 1.00 e. The molecular formula is C23H47NaO4S. The van der Waals surface area contributed by atoms with Crippen molar-refractivity contribution in [1.29, 1.82) is 0 Å². The summed E-state index contributed by atoms with van der Waals surface area (Å²) < 4.78 is 33.2. The molecule has 0 aromatic carbocycles. The Balaban J connectivity index is 0. The fraction of sp³-hybridized carbons (Fsp3) is 1.00. The third-order valence-electron chi connectivity index (χ3n) is 5.74. The minimum absolute atomic E-state index is 0. The van der Waals surface area contributed by atoms with Gasteiger partial charge in [0.05, 0.1) is 15.4 Å². The van der Waals surface area contributed by atoms with Gasteiger partial charge in [0.25, 0.3) is 0 Å². The number of aliphatic hydroxyl groups excluding tert-OH is 1. The fourth-order valence-corrected chi connectivity index (χ4v) is 4.70. The summed E-state index contributed by atoms with van der Waals surface area (Å²) in [5.74, 6) is 0. The van der Waals surface area contributed by atoms with Gasteiger partial charge < -0.3 is 9.66 Å². The van der Waals surface area contributed by atoms with E-state index in [2.05, 4.69) is 6.92 Å². The Labute approximate surface area is 204 Å². The van der Waals surface area contributed by atoms with Crippen LogP contribution in [-0.2, 0) is 10.1 Å². The van der Waals surface area contributed by atoms with Crippen LogP contribution in [0.25, 0.3) is 0 Å². The van der Waals surface area contributed by atoms with Crippen LogP contribution < -0.4 is 29.6 Å². The van der Waals surface area contributed by atoms with Gasteiger partial charge in [0.15, 0.2) is 0 Å². The van der Waals surface area contributed by atoms with Crippen molar-refractivity contribution in [3.63, 3.8) is 0 Å². The van der Waals surface area contributed by atoms with Crippen molar-refractivity contribution in [2.75, 3.05) is 6.61 Å². The van der Waals surface area contributed by atoms with Gasteiger partial charge in [0.2, 0.25) is 0 Å². The third-order valence-corrected chi connectivity index (χ3v) is 7.03. The van der Waals surface area contributed by atoms with Gasteiger partial charge in [-0.2, -0.15) is 0 Å². The molecule has 29 heavy (non-hydrogen) atoms. The second-order valence-corrected chi connectivity index (χ2v) is 10.1. The molecule has 0 bridgehead atoms. The average Bonchev–Trinajstić information content (AvgIpc) is 2.65. The van der Waals surface area contributed by atoms with Crippen molar-refractivity contribution in [2.45, 2.75) is 141 Å². The summed E-state index contributed by atoms with van der Waals surface area (Å²) in [5.41, 5.74) is 0. The SMILES string of the molecule is CCCCCCCCCCCCCCCCCCCCC(CCO)S(=O)(=O)[O-].[Na+]. The molecule has 0 saturated carbocycles. The molecule has 170 valence electrons. The first-order chi connectivity index (χ1) is 13.5. The molecule has 0 aliphatic rings. The Morgan fingerprint density at radius 1 is 0.621 bits per heavy atom. The van der Waals surface area contributed by atoms with Crippen LogP contribution in [0.5, 0.6) is 0 Å². The van der Waals surface area contributed by atoms with Crippen molar-refractivity contribution in [3.8, 4) is 0 Å². The first kappa shape index (κ1) is 32.1. The number of rotatable bonds is 22. The summed E-state index contributed by atoms with van der Waals surface area (Å²) in [4.78, 5) is 0. The maximum atomic E-state index is 11.1. The quantitative estimate of drug-likeness (QED) is 0.157. The normalized spacial score (nSPS) is 12.7. The van der Waals surface area contributed by atoms with Crippen LogP contribution in [0.4, 0.5) is 0 Å². The molecule has 4 nitrogen and oxygen atoms in total. The minimum Gasteiger partial charge on any atom is -0.748 e. The van der Waals surface area contributed by atoms with Crippen molar-refractivity contribution >= 4 is 10.1 Å². The molecule has 6 heteroatoms. The van der Waals surface area contributed by atoms with Gasteiger partial charge in [0.1, 0.15) is 0 Å². The number of hydrogen-bond acceptors (Lipinski definition) is 4. The van der Waals surface area contributed by atoms with Crippen molar-refractivity contribution < 1.29 is 47.6 Å². The topological polar surface area (TPSA) is 77.4 Å². The molecule has 0 aliphatic carbocycles. The molecule has 0 aromatic heterocycles. The zero-order chi connectivity index (χ0) is 20.9. The van der Waals surface area contributed by atoms with E-state index in [1.807, 2.05) is 0 Å². The molecular weight excluding hydrogens is 395 g/mol. The number of unbranched alkanes of at least 4 members (excludes halogenated alkanes) is 17. The van der Waals surface area contributed by atoms with E-state index in [9.17, 15) is 13.0 Å². The predicted octanol–water partition coefficient (Wildman–Crippen LogP) is 3.72. The van der Waals surface area contributed by atoms with Crippen LogP contribution in [0.1, 0.15) is 135 Å². The molecule has 0 saturated heterocycles. The molecule has 0 spiro atoms. The summed E-state index contributed by atoms with van der Waals surface area (Å²) in [6.45, 7) is 2.04. The summed E-state index contributed by atoms with van der Waals surface area (Å²) in [6.07, 6.45) is 23.8. The third kappa shape index (κ3) is 23.4. The molecule has 0 aliphatic heterocycles. The summed E-state index contributed by atoms with van der Waals surface area (Å²) in [5, 5.41) is 7.94. The van der Waals surface area contributed by atoms with Crippen molar-refractivity contribution in [1.82, 2.24) is 0 Å². The second-order valence-electron chi connectivity index (χ2n) is 8.43. The second kappa shape index (κ2) is 23.5. The molecule has 0 radical (unpaired) electrons. The summed E-state index contributed by atoms with van der Waals surface area (Å²) >= 11 is 0. The van der Waals surface area contributed by atoms with Gasteiger partial charge in [-0.15, -0.1) is 0 Å². The van der Waals surface area contributed by atoms with Gasteiger partial charge in [-0.25, -0.2) is 8.42 Å². The largest absolute Gasteiger partial charge is 1.00 e. The molecule has 1 N–H and O–H groups in total. The smallest absolute Gasteiger partial charge is 0.748 e. The molecule has 1 unspecified atom stereocenters. The zero-order valence-electron chi connectivity index (χ0n) is 19.5. The van der Waals surface area contributed by atoms with E-state index >= 15 is 0 Å². The predicted molar refractivity (Wildman–Crippen MR) is 119 cm³/mol. The Kier molecular flexibility index (Phi) is 26.0. The molecule has 0 fully saturated rings. The first-order valence-corrected chi connectivity index (χ1v) is 13.5. The van der Waals surface area contributed by atoms with Crippen molar-refractivity contribution in [3.05, 3.63) is 0 Å². The Bertz CT molecular complexity index is 415. The minimum atomic E-state index is -4.26. The average molecular weight is 443 g/mol. The van der Waals surface area contributed by atoms with Crippen LogP contribution >= 0.6 is 0 Å². The van der Waals surface area contributed by atoms with Gasteiger partial charge in [-0.3, -0.25) is 0 Å². The molecule has 0 aromatic rings. The number of aliphatic hydroxyl groups is 1. The Morgan fingerprint density at radius 3 is 1.21 bits per heavy atom. The van der Waals surface area contributed by atoms with E-state index in [1.54, 1.807) is 0 Å². The Hall–Kier alpha value is 0.870. The molecule has 0 heterocycles. The van der Waals surface area contributed by atoms with Crippen molar-refractivity contribution in [2.24, 2.45) is 0 Å². The van der Waals surface area contributed by atoms with E-state index < -0.39 is 15.4 Å². The monoisotopic (exact) mass is 442 g/mol. The van der Waals surface area contributed by atoms with Gasteiger partial charge in [-0.1, -0.05) is 122 Å². The first-order valence-electron chi connectivity index (χ1n) is 12.1. The van der Waals surface area contributed by atoms with Crippen LogP contribution in [0, 0.1) is 0 Å². The summed E-state index contributed by atoms with van der Waals surface area (Å²) in [7, 11) is -4.26. The van der Waals surface area contributed by atoms with E-state index in [0.29, 0.717) is 6.42 Å². The molecule has 0 rings (SSSR count). The zero-order valence-corrected chi connectivity index (χ0v) is 22.3. The Morgan fingerprint density at radius 2 is 0.931 bits per heavy atom. The maximum absolute atomic E-state index is 11.1.